The van der Waals surface area contributed by atoms with E-state index in [-0.39, 0.29) is 11.9 Å². The van der Waals surface area contributed by atoms with Crippen molar-refractivity contribution in [1.82, 2.24) is 5.32 Å². The van der Waals surface area contributed by atoms with Crippen LogP contribution in [0.15, 0.2) is 29.2 Å². The lowest BCUT2D eigenvalue weighted by molar-refractivity contribution is -0.144. The van der Waals surface area contributed by atoms with Gasteiger partial charge in [-0.05, 0) is 45.4 Å². The Morgan fingerprint density at radius 2 is 2.21 bits per heavy atom. The highest BCUT2D eigenvalue weighted by Gasteiger charge is 2.32. The van der Waals surface area contributed by atoms with Gasteiger partial charge in [0.15, 0.2) is 0 Å². The molecule has 3 nitrogen and oxygen atoms in total. The van der Waals surface area contributed by atoms with Crippen LogP contribution in [0, 0.1) is 5.82 Å². The minimum absolute atomic E-state index is 0.0975. The predicted molar refractivity (Wildman–Crippen MR) is 76.1 cm³/mol. The quantitative estimate of drug-likeness (QED) is 0.756. The standard InChI is InChI=1S/C14H20FNO2S/c1-10(2)16-14(3,13(17)18)7-8-19-12-6-4-5-11(15)9-12/h4-6,9-10,16H,7-8H2,1-3H3,(H,17,18). The second kappa shape index (κ2) is 6.91. The third-order valence-corrected chi connectivity index (χ3v) is 3.74. The Bertz CT molecular complexity index is 439. The van der Waals surface area contributed by atoms with E-state index in [0.29, 0.717) is 12.2 Å². The topological polar surface area (TPSA) is 49.3 Å². The lowest BCUT2D eigenvalue weighted by Gasteiger charge is -2.28. The number of carboxylic acid groups (broad SMARTS) is 1. The fourth-order valence-electron chi connectivity index (χ4n) is 1.81. The molecule has 0 radical (unpaired) electrons. The Balaban J connectivity index is 2.56. The molecule has 0 saturated carbocycles. The number of benzene rings is 1. The van der Waals surface area contributed by atoms with Crippen LogP contribution in [0.25, 0.3) is 0 Å². The molecule has 0 aliphatic heterocycles. The summed E-state index contributed by atoms with van der Waals surface area (Å²) in [4.78, 5) is 12.1. The van der Waals surface area contributed by atoms with E-state index in [1.54, 1.807) is 13.0 Å². The van der Waals surface area contributed by atoms with Crippen LogP contribution in [0.1, 0.15) is 27.2 Å². The highest BCUT2D eigenvalue weighted by Crippen LogP contribution is 2.23. The molecule has 0 fully saturated rings. The van der Waals surface area contributed by atoms with Crippen LogP contribution < -0.4 is 5.32 Å². The molecule has 0 saturated heterocycles. The summed E-state index contributed by atoms with van der Waals surface area (Å²) in [6.07, 6.45) is 0.474. The number of hydrogen-bond donors (Lipinski definition) is 2. The first-order valence-corrected chi connectivity index (χ1v) is 7.21. The SMILES string of the molecule is CC(C)NC(C)(CCSc1cccc(F)c1)C(=O)O. The number of aliphatic carboxylic acids is 1. The van der Waals surface area contributed by atoms with Gasteiger partial charge in [0.25, 0.3) is 0 Å². The van der Waals surface area contributed by atoms with Gasteiger partial charge >= 0.3 is 5.97 Å². The highest BCUT2D eigenvalue weighted by molar-refractivity contribution is 7.99. The molecule has 5 heteroatoms. The first-order valence-electron chi connectivity index (χ1n) is 6.23. The smallest absolute Gasteiger partial charge is 0.323 e. The third-order valence-electron chi connectivity index (χ3n) is 2.75. The molecule has 0 spiro atoms. The Kier molecular flexibility index (Phi) is 5.82. The first-order chi connectivity index (χ1) is 8.83. The highest BCUT2D eigenvalue weighted by atomic mass is 32.2. The van der Waals surface area contributed by atoms with Crippen LogP contribution in [0.4, 0.5) is 4.39 Å². The van der Waals surface area contributed by atoms with Crippen molar-refractivity contribution in [2.24, 2.45) is 0 Å². The van der Waals surface area contributed by atoms with E-state index >= 15 is 0 Å². The molecule has 0 amide bonds. The van der Waals surface area contributed by atoms with Crippen LogP contribution >= 0.6 is 11.8 Å². The van der Waals surface area contributed by atoms with Gasteiger partial charge < -0.3 is 5.11 Å². The van der Waals surface area contributed by atoms with E-state index in [1.165, 1.54) is 23.9 Å². The number of hydrogen-bond acceptors (Lipinski definition) is 3. The van der Waals surface area contributed by atoms with Gasteiger partial charge in [-0.25, -0.2) is 4.39 Å². The molecular weight excluding hydrogens is 265 g/mol. The van der Waals surface area contributed by atoms with Crippen molar-refractivity contribution < 1.29 is 14.3 Å². The molecular formula is C14H20FNO2S. The van der Waals surface area contributed by atoms with Gasteiger partial charge in [-0.15, -0.1) is 11.8 Å². The normalized spacial score (nSPS) is 14.4. The van der Waals surface area contributed by atoms with Gasteiger partial charge in [0.2, 0.25) is 0 Å². The Morgan fingerprint density at radius 3 is 2.74 bits per heavy atom. The molecule has 1 rings (SSSR count). The summed E-state index contributed by atoms with van der Waals surface area (Å²) in [6, 6.07) is 6.42. The van der Waals surface area contributed by atoms with Crippen molar-refractivity contribution in [1.29, 1.82) is 0 Å². The van der Waals surface area contributed by atoms with E-state index in [4.69, 9.17) is 0 Å². The van der Waals surface area contributed by atoms with Gasteiger partial charge in [0, 0.05) is 16.7 Å². The van der Waals surface area contributed by atoms with Gasteiger partial charge in [-0.3, -0.25) is 10.1 Å². The monoisotopic (exact) mass is 285 g/mol. The maximum atomic E-state index is 13.0. The van der Waals surface area contributed by atoms with E-state index in [0.717, 1.165) is 4.90 Å². The summed E-state index contributed by atoms with van der Waals surface area (Å²) in [7, 11) is 0. The van der Waals surface area contributed by atoms with Crippen molar-refractivity contribution >= 4 is 17.7 Å². The van der Waals surface area contributed by atoms with Gasteiger partial charge in [0.1, 0.15) is 11.4 Å². The number of carbonyl (C=O) groups is 1. The Labute approximate surface area is 117 Å². The molecule has 0 aromatic heterocycles. The fraction of sp³-hybridized carbons (Fsp3) is 0.500. The van der Waals surface area contributed by atoms with Gasteiger partial charge in [-0.1, -0.05) is 6.07 Å². The van der Waals surface area contributed by atoms with E-state index in [9.17, 15) is 14.3 Å². The molecule has 1 aromatic carbocycles. The molecule has 1 atom stereocenters. The molecule has 106 valence electrons. The summed E-state index contributed by atoms with van der Waals surface area (Å²) in [5.41, 5.74) is -0.950. The maximum absolute atomic E-state index is 13.0. The first kappa shape index (κ1) is 16.0. The van der Waals surface area contributed by atoms with Crippen LogP contribution in [-0.2, 0) is 4.79 Å². The van der Waals surface area contributed by atoms with Crippen molar-refractivity contribution in [2.45, 2.75) is 43.7 Å². The second-order valence-corrected chi connectivity index (χ2v) is 6.16. The molecule has 0 heterocycles. The maximum Gasteiger partial charge on any atom is 0.323 e. The predicted octanol–water partition coefficient (Wildman–Crippen LogP) is 3.15. The number of rotatable bonds is 7. The van der Waals surface area contributed by atoms with Crippen molar-refractivity contribution in [3.63, 3.8) is 0 Å². The molecule has 2 N–H and O–H groups in total. The van der Waals surface area contributed by atoms with E-state index < -0.39 is 11.5 Å². The number of nitrogens with one attached hydrogen (secondary N) is 1. The largest absolute Gasteiger partial charge is 0.480 e. The van der Waals surface area contributed by atoms with E-state index in [1.807, 2.05) is 19.9 Å². The molecule has 19 heavy (non-hydrogen) atoms. The second-order valence-electron chi connectivity index (χ2n) is 4.99. The number of thioether (sulfide) groups is 1. The molecule has 1 aromatic rings. The zero-order valence-electron chi connectivity index (χ0n) is 11.4. The van der Waals surface area contributed by atoms with Crippen LogP contribution in [0.5, 0.6) is 0 Å². The average molecular weight is 285 g/mol. The lowest BCUT2D eigenvalue weighted by atomic mass is 9.98. The van der Waals surface area contributed by atoms with Crippen LogP contribution in [0.3, 0.4) is 0 Å². The fourth-order valence-corrected chi connectivity index (χ4v) is 2.92. The minimum atomic E-state index is -0.950. The lowest BCUT2D eigenvalue weighted by Crippen LogP contribution is -2.52. The summed E-state index contributed by atoms with van der Waals surface area (Å²) >= 11 is 1.46. The molecule has 1 unspecified atom stereocenters. The average Bonchev–Trinajstić information content (AvgIpc) is 2.27. The van der Waals surface area contributed by atoms with Gasteiger partial charge in [-0.2, -0.15) is 0 Å². The van der Waals surface area contributed by atoms with Crippen molar-refractivity contribution in [2.75, 3.05) is 5.75 Å². The molecule has 0 aliphatic carbocycles. The third kappa shape index (κ3) is 5.20. The Morgan fingerprint density at radius 1 is 1.53 bits per heavy atom. The zero-order valence-corrected chi connectivity index (χ0v) is 12.3. The Hall–Kier alpha value is -1.07. The summed E-state index contributed by atoms with van der Waals surface area (Å²) in [6.45, 7) is 5.52. The summed E-state index contributed by atoms with van der Waals surface area (Å²) in [5, 5.41) is 12.4. The summed E-state index contributed by atoms with van der Waals surface area (Å²) in [5.74, 6) is -0.515. The van der Waals surface area contributed by atoms with Crippen molar-refractivity contribution in [3.8, 4) is 0 Å². The zero-order chi connectivity index (χ0) is 14.5. The van der Waals surface area contributed by atoms with E-state index in [2.05, 4.69) is 5.32 Å². The van der Waals surface area contributed by atoms with Crippen LogP contribution in [-0.4, -0.2) is 28.4 Å². The number of halogens is 1. The van der Waals surface area contributed by atoms with Crippen LogP contribution in [0.2, 0.25) is 0 Å². The number of carboxylic acids is 1. The van der Waals surface area contributed by atoms with Crippen molar-refractivity contribution in [3.05, 3.63) is 30.1 Å². The summed E-state index contributed by atoms with van der Waals surface area (Å²) < 4.78 is 13.0. The molecule has 0 aliphatic rings. The van der Waals surface area contributed by atoms with Gasteiger partial charge in [0.05, 0.1) is 0 Å². The molecule has 0 bridgehead atoms. The minimum Gasteiger partial charge on any atom is -0.480 e.